The molecule has 1 unspecified atom stereocenters. The van der Waals surface area contributed by atoms with E-state index in [4.69, 9.17) is 9.47 Å². The van der Waals surface area contributed by atoms with Crippen molar-refractivity contribution in [1.82, 2.24) is 4.90 Å². The van der Waals surface area contributed by atoms with Crippen LogP contribution < -0.4 is 0 Å². The molecule has 1 atom stereocenters. The number of thioether (sulfide) groups is 1. The average Bonchev–Trinajstić information content (AvgIpc) is 3.17. The number of allylic oxidation sites excluding steroid dienone is 1. The van der Waals surface area contributed by atoms with Crippen LogP contribution in [0, 0.1) is 0 Å². The standard InChI is InChI=1S/C25H25NO4S/c1-4-29-24(27)21-16(2)26(3)19-14-30-25(28)23(19)22(21)18-12-8-9-13-20(18)31-15-17-10-6-5-7-11-17/h5-13,22H,4,14-15H2,1-3H3. The van der Waals surface area contributed by atoms with E-state index in [1.165, 1.54) is 5.56 Å². The van der Waals surface area contributed by atoms with E-state index in [1.807, 2.05) is 61.3 Å². The summed E-state index contributed by atoms with van der Waals surface area (Å²) in [6.07, 6.45) is 0. The van der Waals surface area contributed by atoms with E-state index in [9.17, 15) is 9.59 Å². The molecule has 0 bridgehead atoms. The first-order valence-electron chi connectivity index (χ1n) is 10.3. The number of hydrogen-bond donors (Lipinski definition) is 0. The Kier molecular flexibility index (Phi) is 6.18. The molecule has 0 saturated carbocycles. The first-order valence-corrected chi connectivity index (χ1v) is 11.3. The highest BCUT2D eigenvalue weighted by Gasteiger charge is 2.44. The summed E-state index contributed by atoms with van der Waals surface area (Å²) < 4.78 is 10.8. The molecule has 2 aliphatic rings. The third-order valence-electron chi connectivity index (χ3n) is 5.71. The number of carbonyl (C=O) groups excluding carboxylic acids is 2. The van der Waals surface area contributed by atoms with Crippen molar-refractivity contribution in [3.63, 3.8) is 0 Å². The molecule has 31 heavy (non-hydrogen) atoms. The van der Waals surface area contributed by atoms with E-state index in [1.54, 1.807) is 18.7 Å². The molecule has 2 aliphatic heterocycles. The molecule has 2 aromatic carbocycles. The molecule has 2 heterocycles. The second-order valence-electron chi connectivity index (χ2n) is 7.46. The van der Waals surface area contributed by atoms with E-state index in [0.29, 0.717) is 11.1 Å². The maximum Gasteiger partial charge on any atom is 0.337 e. The van der Waals surface area contributed by atoms with Gasteiger partial charge in [0.1, 0.15) is 6.61 Å². The molecule has 0 amide bonds. The molecular formula is C25H25NO4S. The second kappa shape index (κ2) is 9.02. The number of hydrogen-bond acceptors (Lipinski definition) is 6. The summed E-state index contributed by atoms with van der Waals surface area (Å²) in [7, 11) is 1.86. The van der Waals surface area contributed by atoms with Gasteiger partial charge in [0.15, 0.2) is 0 Å². The average molecular weight is 436 g/mol. The van der Waals surface area contributed by atoms with Gasteiger partial charge in [0, 0.05) is 23.4 Å². The van der Waals surface area contributed by atoms with E-state index in [-0.39, 0.29) is 19.2 Å². The molecule has 0 saturated heterocycles. The summed E-state index contributed by atoms with van der Waals surface area (Å²) in [5, 5.41) is 0. The number of rotatable bonds is 6. The van der Waals surface area contributed by atoms with E-state index in [2.05, 4.69) is 12.1 Å². The molecule has 160 valence electrons. The summed E-state index contributed by atoms with van der Waals surface area (Å²) in [6, 6.07) is 18.2. The van der Waals surface area contributed by atoms with Gasteiger partial charge >= 0.3 is 11.9 Å². The van der Waals surface area contributed by atoms with Crippen LogP contribution in [0.15, 0.2) is 82.0 Å². The van der Waals surface area contributed by atoms with Crippen LogP contribution in [-0.4, -0.2) is 37.1 Å². The van der Waals surface area contributed by atoms with Gasteiger partial charge in [-0.25, -0.2) is 9.59 Å². The summed E-state index contributed by atoms with van der Waals surface area (Å²) >= 11 is 1.70. The van der Waals surface area contributed by atoms with E-state index in [0.717, 1.165) is 27.6 Å². The Morgan fingerprint density at radius 3 is 2.61 bits per heavy atom. The fourth-order valence-electron chi connectivity index (χ4n) is 4.08. The van der Waals surface area contributed by atoms with Gasteiger partial charge in [0.25, 0.3) is 0 Å². The van der Waals surface area contributed by atoms with Gasteiger partial charge in [-0.1, -0.05) is 48.5 Å². The lowest BCUT2D eigenvalue weighted by atomic mass is 9.80. The van der Waals surface area contributed by atoms with E-state index < -0.39 is 11.9 Å². The van der Waals surface area contributed by atoms with E-state index >= 15 is 0 Å². The Balaban J connectivity index is 1.80. The maximum absolute atomic E-state index is 13.0. The highest BCUT2D eigenvalue weighted by molar-refractivity contribution is 7.98. The second-order valence-corrected chi connectivity index (χ2v) is 8.48. The summed E-state index contributed by atoms with van der Waals surface area (Å²) in [6.45, 7) is 4.17. The van der Waals surface area contributed by atoms with Gasteiger partial charge in [-0.3, -0.25) is 0 Å². The van der Waals surface area contributed by atoms with Crippen LogP contribution in [0.1, 0.15) is 30.9 Å². The number of nitrogens with zero attached hydrogens (tertiary/aromatic N) is 1. The quantitative estimate of drug-likeness (QED) is 0.486. The highest BCUT2D eigenvalue weighted by atomic mass is 32.2. The minimum absolute atomic E-state index is 0.216. The van der Waals surface area contributed by atoms with Gasteiger partial charge in [0.2, 0.25) is 0 Å². The third kappa shape index (κ3) is 4.00. The first-order chi connectivity index (χ1) is 15.0. The normalized spacial score (nSPS) is 18.2. The number of cyclic esters (lactones) is 1. The molecule has 5 nitrogen and oxygen atoms in total. The largest absolute Gasteiger partial charge is 0.463 e. The topological polar surface area (TPSA) is 55.8 Å². The van der Waals surface area contributed by atoms with Gasteiger partial charge in [-0.2, -0.15) is 0 Å². The van der Waals surface area contributed by atoms with Crippen molar-refractivity contribution in [2.75, 3.05) is 20.3 Å². The predicted molar refractivity (Wildman–Crippen MR) is 120 cm³/mol. The van der Waals surface area contributed by atoms with Crippen molar-refractivity contribution >= 4 is 23.7 Å². The highest BCUT2D eigenvalue weighted by Crippen LogP contribution is 2.47. The van der Waals surface area contributed by atoms with Crippen LogP contribution >= 0.6 is 11.8 Å². The molecule has 0 fully saturated rings. The number of benzene rings is 2. The van der Waals surface area contributed by atoms with Crippen LogP contribution in [-0.2, 0) is 24.8 Å². The lowest BCUT2D eigenvalue weighted by Crippen LogP contribution is -2.31. The summed E-state index contributed by atoms with van der Waals surface area (Å²) in [4.78, 5) is 28.7. The third-order valence-corrected chi connectivity index (χ3v) is 6.87. The molecule has 0 N–H and O–H groups in total. The van der Waals surface area contributed by atoms with Crippen molar-refractivity contribution in [2.24, 2.45) is 0 Å². The molecule has 2 aromatic rings. The Morgan fingerprint density at radius 2 is 1.87 bits per heavy atom. The van der Waals surface area contributed by atoms with Crippen LogP contribution in [0.4, 0.5) is 0 Å². The molecule has 0 aromatic heterocycles. The number of likely N-dealkylation sites (N-methyl/N-ethyl adjacent to an activating group) is 1. The van der Waals surface area contributed by atoms with Crippen molar-refractivity contribution < 1.29 is 19.1 Å². The molecule has 0 spiro atoms. The fourth-order valence-corrected chi connectivity index (χ4v) is 5.12. The molecule has 0 aliphatic carbocycles. The molecule has 6 heteroatoms. The number of ether oxygens (including phenoxy) is 2. The van der Waals surface area contributed by atoms with Crippen LogP contribution in [0.2, 0.25) is 0 Å². The molecule has 0 radical (unpaired) electrons. The van der Waals surface area contributed by atoms with Crippen molar-refractivity contribution in [3.8, 4) is 0 Å². The monoisotopic (exact) mass is 435 g/mol. The number of esters is 2. The van der Waals surface area contributed by atoms with Crippen LogP contribution in [0.5, 0.6) is 0 Å². The minimum Gasteiger partial charge on any atom is -0.463 e. The molecular weight excluding hydrogens is 410 g/mol. The van der Waals surface area contributed by atoms with Crippen LogP contribution in [0.3, 0.4) is 0 Å². The Labute approximate surface area is 186 Å². The zero-order valence-electron chi connectivity index (χ0n) is 17.9. The van der Waals surface area contributed by atoms with Crippen molar-refractivity contribution in [2.45, 2.75) is 30.4 Å². The first kappa shape index (κ1) is 21.2. The van der Waals surface area contributed by atoms with Gasteiger partial charge < -0.3 is 14.4 Å². The minimum atomic E-state index is -0.514. The Morgan fingerprint density at radius 1 is 1.16 bits per heavy atom. The summed E-state index contributed by atoms with van der Waals surface area (Å²) in [5.74, 6) is -0.493. The Bertz CT molecular complexity index is 1070. The van der Waals surface area contributed by atoms with Crippen molar-refractivity contribution in [3.05, 3.63) is 88.3 Å². The zero-order valence-corrected chi connectivity index (χ0v) is 18.7. The van der Waals surface area contributed by atoms with Crippen LogP contribution in [0.25, 0.3) is 0 Å². The smallest absolute Gasteiger partial charge is 0.337 e. The SMILES string of the molecule is CCOC(=O)C1=C(C)N(C)C2=C(C(=O)OC2)C1c1ccccc1SCc1ccccc1. The van der Waals surface area contributed by atoms with Crippen molar-refractivity contribution in [1.29, 1.82) is 0 Å². The summed E-state index contributed by atoms with van der Waals surface area (Å²) in [5.41, 5.74) is 4.75. The predicted octanol–water partition coefficient (Wildman–Crippen LogP) is 4.66. The van der Waals surface area contributed by atoms with Gasteiger partial charge in [0.05, 0.1) is 29.4 Å². The fraction of sp³-hybridized carbons (Fsp3) is 0.280. The lowest BCUT2D eigenvalue weighted by molar-refractivity contribution is -0.139. The maximum atomic E-state index is 13.0. The van der Waals surface area contributed by atoms with Gasteiger partial charge in [-0.05, 0) is 31.0 Å². The lowest BCUT2D eigenvalue weighted by Gasteiger charge is -2.34. The zero-order chi connectivity index (χ0) is 22.0. The van der Waals surface area contributed by atoms with Gasteiger partial charge in [-0.15, -0.1) is 11.8 Å². The molecule has 4 rings (SSSR count). The Hall–Kier alpha value is -2.99. The number of carbonyl (C=O) groups is 2.